The molecule has 0 bridgehead atoms. The van der Waals surface area contributed by atoms with Crippen LogP contribution >= 0.6 is 11.3 Å². The Morgan fingerprint density at radius 3 is 2.73 bits per heavy atom. The molecular formula is C16H19N3O2S. The van der Waals surface area contributed by atoms with Gasteiger partial charge in [-0.1, -0.05) is 18.2 Å². The Labute approximate surface area is 134 Å². The molecular weight excluding hydrogens is 298 g/mol. The van der Waals surface area contributed by atoms with Crippen LogP contribution in [0, 0.1) is 6.92 Å². The first-order valence-corrected chi connectivity index (χ1v) is 8.22. The van der Waals surface area contributed by atoms with Gasteiger partial charge >= 0.3 is 0 Å². The molecule has 1 aromatic heterocycles. The molecule has 0 saturated carbocycles. The lowest BCUT2D eigenvalue weighted by Crippen LogP contribution is -2.50. The van der Waals surface area contributed by atoms with Crippen molar-refractivity contribution in [2.75, 3.05) is 37.7 Å². The molecule has 1 aromatic carbocycles. The van der Waals surface area contributed by atoms with Crippen LogP contribution in [0.15, 0.2) is 35.8 Å². The number of carbonyl (C=O) groups is 1. The highest BCUT2D eigenvalue weighted by molar-refractivity contribution is 7.13. The predicted octanol–water partition coefficient (Wildman–Crippen LogP) is 2.18. The Morgan fingerprint density at radius 2 is 2.05 bits per heavy atom. The van der Waals surface area contributed by atoms with Gasteiger partial charge in [0.25, 0.3) is 5.91 Å². The van der Waals surface area contributed by atoms with Crippen LogP contribution in [0.5, 0.6) is 5.75 Å². The second-order valence-electron chi connectivity index (χ2n) is 5.24. The van der Waals surface area contributed by atoms with E-state index in [-0.39, 0.29) is 12.5 Å². The summed E-state index contributed by atoms with van der Waals surface area (Å²) in [6.45, 7) is 5.16. The summed E-state index contributed by atoms with van der Waals surface area (Å²) in [6.07, 6.45) is 1.81. The van der Waals surface area contributed by atoms with Gasteiger partial charge in [0.15, 0.2) is 11.7 Å². The molecule has 0 atom stereocenters. The number of hydrogen-bond acceptors (Lipinski definition) is 5. The second-order valence-corrected chi connectivity index (χ2v) is 6.11. The number of anilines is 1. The van der Waals surface area contributed by atoms with Gasteiger partial charge < -0.3 is 14.5 Å². The van der Waals surface area contributed by atoms with Gasteiger partial charge in [-0.3, -0.25) is 4.79 Å². The lowest BCUT2D eigenvalue weighted by atomic mass is 10.2. The quantitative estimate of drug-likeness (QED) is 0.867. The maximum Gasteiger partial charge on any atom is 0.260 e. The number of thiazole rings is 1. The first-order valence-electron chi connectivity index (χ1n) is 7.34. The van der Waals surface area contributed by atoms with E-state index in [4.69, 9.17) is 4.74 Å². The summed E-state index contributed by atoms with van der Waals surface area (Å²) in [5.74, 6) is 0.819. The minimum atomic E-state index is 0.0436. The van der Waals surface area contributed by atoms with Crippen molar-refractivity contribution in [3.8, 4) is 5.75 Å². The van der Waals surface area contributed by atoms with Crippen LogP contribution in [-0.2, 0) is 4.79 Å². The average Bonchev–Trinajstić information content (AvgIpc) is 3.08. The number of rotatable bonds is 4. The maximum atomic E-state index is 12.2. The Balaban J connectivity index is 1.49. The van der Waals surface area contributed by atoms with Gasteiger partial charge in [-0.2, -0.15) is 0 Å². The number of aromatic nitrogens is 1. The fourth-order valence-electron chi connectivity index (χ4n) is 2.47. The molecule has 1 aliphatic heterocycles. The highest BCUT2D eigenvalue weighted by Gasteiger charge is 2.22. The minimum absolute atomic E-state index is 0.0436. The zero-order valence-electron chi connectivity index (χ0n) is 12.6. The van der Waals surface area contributed by atoms with Crippen LogP contribution in [0.2, 0.25) is 0 Å². The number of hydrogen-bond donors (Lipinski definition) is 0. The average molecular weight is 317 g/mol. The van der Waals surface area contributed by atoms with E-state index in [9.17, 15) is 4.79 Å². The van der Waals surface area contributed by atoms with Crippen molar-refractivity contribution in [2.24, 2.45) is 0 Å². The molecule has 0 unspecified atom stereocenters. The minimum Gasteiger partial charge on any atom is -0.484 e. The first kappa shape index (κ1) is 14.8. The summed E-state index contributed by atoms with van der Waals surface area (Å²) in [5.41, 5.74) is 1.05. The third-order valence-corrected chi connectivity index (χ3v) is 4.60. The van der Waals surface area contributed by atoms with Gasteiger partial charge in [0.05, 0.1) is 0 Å². The van der Waals surface area contributed by atoms with Crippen LogP contribution in [0.25, 0.3) is 0 Å². The molecule has 1 aliphatic rings. The van der Waals surface area contributed by atoms with Gasteiger partial charge in [0.2, 0.25) is 0 Å². The van der Waals surface area contributed by atoms with Crippen molar-refractivity contribution in [3.05, 3.63) is 41.4 Å². The molecule has 0 spiro atoms. The van der Waals surface area contributed by atoms with Crippen molar-refractivity contribution in [2.45, 2.75) is 6.92 Å². The summed E-state index contributed by atoms with van der Waals surface area (Å²) in [6, 6.07) is 7.75. The van der Waals surface area contributed by atoms with Gasteiger partial charge in [-0.25, -0.2) is 4.98 Å². The zero-order chi connectivity index (χ0) is 15.4. The first-order chi connectivity index (χ1) is 10.7. The number of benzene rings is 1. The van der Waals surface area contributed by atoms with E-state index in [1.54, 1.807) is 11.3 Å². The number of ether oxygens (including phenoxy) is 1. The van der Waals surface area contributed by atoms with Gasteiger partial charge in [0.1, 0.15) is 5.75 Å². The number of para-hydroxylation sites is 1. The van der Waals surface area contributed by atoms with E-state index in [1.807, 2.05) is 47.7 Å². The van der Waals surface area contributed by atoms with Crippen LogP contribution in [0.4, 0.5) is 5.13 Å². The molecule has 0 N–H and O–H groups in total. The Kier molecular flexibility index (Phi) is 4.58. The van der Waals surface area contributed by atoms with Crippen LogP contribution in [0.3, 0.4) is 0 Å². The molecule has 1 saturated heterocycles. The monoisotopic (exact) mass is 317 g/mol. The fourth-order valence-corrected chi connectivity index (χ4v) is 3.17. The number of piperazine rings is 1. The Bertz CT molecular complexity index is 622. The Hall–Kier alpha value is -2.08. The lowest BCUT2D eigenvalue weighted by molar-refractivity contribution is -0.133. The van der Waals surface area contributed by atoms with Crippen molar-refractivity contribution >= 4 is 22.4 Å². The van der Waals surface area contributed by atoms with Crippen LogP contribution < -0.4 is 9.64 Å². The number of amides is 1. The molecule has 0 radical (unpaired) electrons. The molecule has 1 amide bonds. The molecule has 2 aromatic rings. The smallest absolute Gasteiger partial charge is 0.260 e. The third kappa shape index (κ3) is 3.39. The molecule has 5 nitrogen and oxygen atoms in total. The highest BCUT2D eigenvalue weighted by atomic mass is 32.1. The highest BCUT2D eigenvalue weighted by Crippen LogP contribution is 2.19. The molecule has 116 valence electrons. The SMILES string of the molecule is Cc1ccccc1OCC(=O)N1CCN(c2nccs2)CC1. The van der Waals surface area contributed by atoms with Crippen molar-refractivity contribution in [1.82, 2.24) is 9.88 Å². The third-order valence-electron chi connectivity index (χ3n) is 3.77. The molecule has 2 heterocycles. The fraction of sp³-hybridized carbons (Fsp3) is 0.375. The van der Waals surface area contributed by atoms with E-state index < -0.39 is 0 Å². The normalized spacial score (nSPS) is 15.0. The van der Waals surface area contributed by atoms with E-state index in [0.717, 1.165) is 42.6 Å². The summed E-state index contributed by atoms with van der Waals surface area (Å²) < 4.78 is 5.64. The molecule has 22 heavy (non-hydrogen) atoms. The topological polar surface area (TPSA) is 45.7 Å². The van der Waals surface area contributed by atoms with Gasteiger partial charge in [-0.15, -0.1) is 11.3 Å². The number of aryl methyl sites for hydroxylation is 1. The zero-order valence-corrected chi connectivity index (χ0v) is 13.4. The maximum absolute atomic E-state index is 12.2. The van der Waals surface area contributed by atoms with Crippen LogP contribution in [0.1, 0.15) is 5.56 Å². The van der Waals surface area contributed by atoms with E-state index in [0.29, 0.717) is 0 Å². The van der Waals surface area contributed by atoms with E-state index in [2.05, 4.69) is 9.88 Å². The molecule has 1 fully saturated rings. The summed E-state index contributed by atoms with van der Waals surface area (Å²) in [4.78, 5) is 20.6. The van der Waals surface area contributed by atoms with Crippen molar-refractivity contribution in [3.63, 3.8) is 0 Å². The predicted molar refractivity (Wildman–Crippen MR) is 87.6 cm³/mol. The van der Waals surface area contributed by atoms with Gasteiger partial charge in [-0.05, 0) is 18.6 Å². The van der Waals surface area contributed by atoms with E-state index >= 15 is 0 Å². The largest absolute Gasteiger partial charge is 0.484 e. The standard InChI is InChI=1S/C16H19N3O2S/c1-13-4-2-3-5-14(13)21-12-15(20)18-7-9-19(10-8-18)16-17-6-11-22-16/h2-6,11H,7-10,12H2,1H3. The second kappa shape index (κ2) is 6.79. The molecule has 3 rings (SSSR count). The van der Waals surface area contributed by atoms with Gasteiger partial charge in [0, 0.05) is 37.8 Å². The van der Waals surface area contributed by atoms with E-state index in [1.165, 1.54) is 0 Å². The number of nitrogens with zero attached hydrogens (tertiary/aromatic N) is 3. The summed E-state index contributed by atoms with van der Waals surface area (Å²) in [7, 11) is 0. The molecule has 6 heteroatoms. The van der Waals surface area contributed by atoms with Crippen LogP contribution in [-0.4, -0.2) is 48.6 Å². The number of carbonyl (C=O) groups excluding carboxylic acids is 1. The van der Waals surface area contributed by atoms with Crippen molar-refractivity contribution < 1.29 is 9.53 Å². The van der Waals surface area contributed by atoms with Crippen molar-refractivity contribution in [1.29, 1.82) is 0 Å². The summed E-state index contributed by atoms with van der Waals surface area (Å²) >= 11 is 1.63. The Morgan fingerprint density at radius 1 is 1.27 bits per heavy atom. The molecule has 0 aliphatic carbocycles. The summed E-state index contributed by atoms with van der Waals surface area (Å²) in [5, 5.41) is 3.01. The lowest BCUT2D eigenvalue weighted by Gasteiger charge is -2.34.